The lowest BCUT2D eigenvalue weighted by atomic mass is 10.2. The first kappa shape index (κ1) is 10.6. The van der Waals surface area contributed by atoms with Crippen LogP contribution in [0, 0.1) is 0 Å². The molecule has 1 heterocycles. The molecule has 0 spiro atoms. The van der Waals surface area contributed by atoms with E-state index in [2.05, 4.69) is 9.72 Å². The Morgan fingerprint density at radius 2 is 2.07 bits per heavy atom. The number of nitrogens with two attached hydrogens (primary N) is 2. The van der Waals surface area contributed by atoms with Crippen LogP contribution in [-0.2, 0) is 6.54 Å². The number of pyridine rings is 1. The molecule has 1 rings (SSSR count). The summed E-state index contributed by atoms with van der Waals surface area (Å²) in [5.41, 5.74) is 11.2. The first-order chi connectivity index (χ1) is 6.42. The van der Waals surface area contributed by atoms with Crippen LogP contribution in [-0.4, -0.2) is 11.3 Å². The van der Waals surface area contributed by atoms with Crippen LogP contribution in [0.25, 0.3) is 0 Å². The van der Waals surface area contributed by atoms with Crippen molar-refractivity contribution >= 4 is 5.69 Å². The van der Waals surface area contributed by atoms with Crippen LogP contribution < -0.4 is 16.2 Å². The molecule has 7 heteroatoms. The van der Waals surface area contributed by atoms with Crippen molar-refractivity contribution in [1.82, 2.24) is 4.98 Å². The second-order valence-corrected chi connectivity index (χ2v) is 2.47. The van der Waals surface area contributed by atoms with E-state index in [0.29, 0.717) is 5.56 Å². The first-order valence-electron chi connectivity index (χ1n) is 3.62. The van der Waals surface area contributed by atoms with E-state index in [1.807, 2.05) is 0 Å². The van der Waals surface area contributed by atoms with Crippen molar-refractivity contribution in [2.75, 3.05) is 5.73 Å². The lowest BCUT2D eigenvalue weighted by Crippen LogP contribution is -2.18. The third kappa shape index (κ3) is 2.77. The second-order valence-electron chi connectivity index (χ2n) is 2.47. The Kier molecular flexibility index (Phi) is 2.80. The zero-order chi connectivity index (χ0) is 10.8. The van der Waals surface area contributed by atoms with Gasteiger partial charge in [0.15, 0.2) is 0 Å². The molecule has 0 atom stereocenters. The fourth-order valence-corrected chi connectivity index (χ4v) is 0.837. The standard InChI is InChI=1S/C7H8F3N3O/c8-7(9,10)14-6-1-4(2-11)5(12)3-13-6/h1,3H,2,11-12H2. The Morgan fingerprint density at radius 3 is 2.57 bits per heavy atom. The quantitative estimate of drug-likeness (QED) is 0.759. The van der Waals surface area contributed by atoms with Crippen LogP contribution in [0.1, 0.15) is 5.56 Å². The topological polar surface area (TPSA) is 74.2 Å². The van der Waals surface area contributed by atoms with Gasteiger partial charge >= 0.3 is 6.36 Å². The number of alkyl halides is 3. The Balaban J connectivity index is 2.90. The van der Waals surface area contributed by atoms with E-state index in [4.69, 9.17) is 11.5 Å². The summed E-state index contributed by atoms with van der Waals surface area (Å²) in [4.78, 5) is 3.35. The van der Waals surface area contributed by atoms with E-state index in [1.54, 1.807) is 0 Å². The van der Waals surface area contributed by atoms with Gasteiger partial charge in [-0.05, 0) is 5.56 Å². The van der Waals surface area contributed by atoms with Crippen molar-refractivity contribution in [1.29, 1.82) is 0 Å². The summed E-state index contributed by atoms with van der Waals surface area (Å²) in [7, 11) is 0. The summed E-state index contributed by atoms with van der Waals surface area (Å²) in [6, 6.07) is 1.06. The number of halogens is 3. The van der Waals surface area contributed by atoms with Gasteiger partial charge in [-0.15, -0.1) is 13.2 Å². The molecular weight excluding hydrogens is 199 g/mol. The maximum Gasteiger partial charge on any atom is 0.574 e. The highest BCUT2D eigenvalue weighted by Crippen LogP contribution is 2.23. The molecule has 0 radical (unpaired) electrons. The van der Waals surface area contributed by atoms with Crippen molar-refractivity contribution in [2.24, 2.45) is 5.73 Å². The highest BCUT2D eigenvalue weighted by molar-refractivity contribution is 5.46. The molecular formula is C7H8F3N3O. The summed E-state index contributed by atoms with van der Waals surface area (Å²) < 4.78 is 38.8. The summed E-state index contributed by atoms with van der Waals surface area (Å²) in [6.45, 7) is 0.0303. The number of ether oxygens (including phenoxy) is 1. The van der Waals surface area contributed by atoms with Crippen LogP contribution in [0.2, 0.25) is 0 Å². The largest absolute Gasteiger partial charge is 0.574 e. The van der Waals surface area contributed by atoms with Crippen molar-refractivity contribution in [3.63, 3.8) is 0 Å². The molecule has 0 aliphatic heterocycles. The minimum atomic E-state index is -4.75. The third-order valence-corrected chi connectivity index (χ3v) is 1.44. The monoisotopic (exact) mass is 207 g/mol. The van der Waals surface area contributed by atoms with Gasteiger partial charge in [0.05, 0.1) is 11.9 Å². The highest BCUT2D eigenvalue weighted by Gasteiger charge is 2.31. The molecule has 0 aliphatic rings. The number of nitrogen functional groups attached to an aromatic ring is 1. The SMILES string of the molecule is NCc1cc(OC(F)(F)F)ncc1N. The smallest absolute Gasteiger partial charge is 0.397 e. The summed E-state index contributed by atoms with van der Waals surface area (Å²) in [6.07, 6.45) is -3.68. The van der Waals surface area contributed by atoms with Crippen LogP contribution >= 0.6 is 0 Å². The Morgan fingerprint density at radius 1 is 1.43 bits per heavy atom. The normalized spacial score (nSPS) is 11.4. The first-order valence-corrected chi connectivity index (χ1v) is 3.62. The van der Waals surface area contributed by atoms with Crippen LogP contribution in [0.15, 0.2) is 12.3 Å². The predicted octanol–water partition coefficient (Wildman–Crippen LogP) is 1.02. The summed E-state index contributed by atoms with van der Waals surface area (Å²) >= 11 is 0. The van der Waals surface area contributed by atoms with E-state index < -0.39 is 12.2 Å². The molecule has 4 nitrogen and oxygen atoms in total. The number of hydrogen-bond acceptors (Lipinski definition) is 4. The number of anilines is 1. The minimum absolute atomic E-state index is 0.0303. The lowest BCUT2D eigenvalue weighted by molar-refractivity contribution is -0.276. The van der Waals surface area contributed by atoms with Gasteiger partial charge < -0.3 is 16.2 Å². The van der Waals surface area contributed by atoms with E-state index in [0.717, 1.165) is 12.3 Å². The van der Waals surface area contributed by atoms with Crippen molar-refractivity contribution < 1.29 is 17.9 Å². The molecule has 0 fully saturated rings. The molecule has 4 N–H and O–H groups in total. The van der Waals surface area contributed by atoms with Crippen molar-refractivity contribution in [2.45, 2.75) is 12.9 Å². The lowest BCUT2D eigenvalue weighted by Gasteiger charge is -2.09. The molecule has 78 valence electrons. The summed E-state index contributed by atoms with van der Waals surface area (Å²) in [5.74, 6) is -0.563. The number of hydrogen-bond donors (Lipinski definition) is 2. The van der Waals surface area contributed by atoms with Gasteiger partial charge in [0, 0.05) is 12.6 Å². The van der Waals surface area contributed by atoms with E-state index in [9.17, 15) is 13.2 Å². The van der Waals surface area contributed by atoms with Crippen molar-refractivity contribution in [3.05, 3.63) is 17.8 Å². The van der Waals surface area contributed by atoms with Gasteiger partial charge in [-0.2, -0.15) is 0 Å². The number of aromatic nitrogens is 1. The third-order valence-electron chi connectivity index (χ3n) is 1.44. The van der Waals surface area contributed by atoms with Gasteiger partial charge in [0.1, 0.15) is 0 Å². The molecule has 14 heavy (non-hydrogen) atoms. The molecule has 0 amide bonds. The molecule has 1 aromatic heterocycles. The molecule has 0 unspecified atom stereocenters. The van der Waals surface area contributed by atoms with Gasteiger partial charge in [0.25, 0.3) is 0 Å². The van der Waals surface area contributed by atoms with Crippen molar-refractivity contribution in [3.8, 4) is 5.88 Å². The Hall–Kier alpha value is -1.50. The van der Waals surface area contributed by atoms with E-state index in [1.165, 1.54) is 0 Å². The van der Waals surface area contributed by atoms with Gasteiger partial charge in [-0.1, -0.05) is 0 Å². The zero-order valence-electron chi connectivity index (χ0n) is 7.01. The average Bonchev–Trinajstić information content (AvgIpc) is 2.06. The van der Waals surface area contributed by atoms with E-state index >= 15 is 0 Å². The predicted molar refractivity (Wildman–Crippen MR) is 43.2 cm³/mol. The molecule has 0 bridgehead atoms. The minimum Gasteiger partial charge on any atom is -0.397 e. The maximum absolute atomic E-state index is 11.8. The van der Waals surface area contributed by atoms with Crippen LogP contribution in [0.5, 0.6) is 5.88 Å². The average molecular weight is 207 g/mol. The summed E-state index contributed by atoms with van der Waals surface area (Å²) in [5, 5.41) is 0. The van der Waals surface area contributed by atoms with E-state index in [-0.39, 0.29) is 12.2 Å². The molecule has 1 aromatic rings. The molecule has 0 aliphatic carbocycles. The Bertz CT molecular complexity index is 326. The van der Waals surface area contributed by atoms with Gasteiger partial charge in [-0.3, -0.25) is 0 Å². The molecule has 0 saturated heterocycles. The highest BCUT2D eigenvalue weighted by atomic mass is 19.4. The fraction of sp³-hybridized carbons (Fsp3) is 0.286. The number of rotatable bonds is 2. The molecule has 0 aromatic carbocycles. The van der Waals surface area contributed by atoms with Crippen LogP contribution in [0.3, 0.4) is 0 Å². The number of nitrogens with zero attached hydrogens (tertiary/aromatic N) is 1. The van der Waals surface area contributed by atoms with Crippen LogP contribution in [0.4, 0.5) is 18.9 Å². The maximum atomic E-state index is 11.8. The zero-order valence-corrected chi connectivity index (χ0v) is 7.01. The van der Waals surface area contributed by atoms with Gasteiger partial charge in [-0.25, -0.2) is 4.98 Å². The van der Waals surface area contributed by atoms with Gasteiger partial charge in [0.2, 0.25) is 5.88 Å². The second kappa shape index (κ2) is 3.70. The fourth-order valence-electron chi connectivity index (χ4n) is 0.837. The molecule has 0 saturated carbocycles. The Labute approximate surface area is 77.7 Å².